The van der Waals surface area contributed by atoms with Crippen LogP contribution in [0.3, 0.4) is 0 Å². The first-order chi connectivity index (χ1) is 16.9. The minimum atomic E-state index is -0.310. The van der Waals surface area contributed by atoms with Gasteiger partial charge in [0.1, 0.15) is 24.2 Å². The molecule has 0 saturated carbocycles. The van der Waals surface area contributed by atoms with Crippen LogP contribution in [-0.4, -0.2) is 35.4 Å². The first kappa shape index (κ1) is 22.5. The molecule has 0 aliphatic carbocycles. The third-order valence-electron chi connectivity index (χ3n) is 5.96. The van der Waals surface area contributed by atoms with Crippen LogP contribution in [-0.2, 0) is 6.54 Å². The molecule has 9 heteroatoms. The van der Waals surface area contributed by atoms with Gasteiger partial charge in [0.2, 0.25) is 0 Å². The zero-order valence-electron chi connectivity index (χ0n) is 20.1. The molecule has 1 N–H and O–H groups in total. The summed E-state index contributed by atoms with van der Waals surface area (Å²) in [6.07, 6.45) is 4.84. The van der Waals surface area contributed by atoms with Crippen LogP contribution in [0.2, 0.25) is 0 Å². The molecule has 178 valence electrons. The van der Waals surface area contributed by atoms with Crippen molar-refractivity contribution in [2.24, 2.45) is 0 Å². The number of nitrogens with one attached hydrogen (secondary N) is 1. The molecule has 0 bridgehead atoms. The Morgan fingerprint density at radius 2 is 1.91 bits per heavy atom. The summed E-state index contributed by atoms with van der Waals surface area (Å²) in [7, 11) is 0. The van der Waals surface area contributed by atoms with E-state index in [4.69, 9.17) is 9.40 Å². The summed E-state index contributed by atoms with van der Waals surface area (Å²) in [6.45, 7) is 8.32. The van der Waals surface area contributed by atoms with Gasteiger partial charge in [-0.15, -0.1) is 0 Å². The smallest absolute Gasteiger partial charge is 0.252 e. The van der Waals surface area contributed by atoms with Crippen LogP contribution in [0.25, 0.3) is 22.3 Å². The van der Waals surface area contributed by atoms with Crippen molar-refractivity contribution in [3.05, 3.63) is 84.0 Å². The summed E-state index contributed by atoms with van der Waals surface area (Å²) in [5.74, 6) is 1.33. The molecular formula is C26H27N7O2. The highest BCUT2D eigenvalue weighted by molar-refractivity contribution is 6.06. The molecule has 0 fully saturated rings. The van der Waals surface area contributed by atoms with Gasteiger partial charge in [-0.25, -0.2) is 14.6 Å². The molecule has 0 aliphatic heterocycles. The number of benzene rings is 1. The number of amides is 1. The molecule has 5 rings (SSSR count). The Morgan fingerprint density at radius 1 is 1.11 bits per heavy atom. The monoisotopic (exact) mass is 469 g/mol. The largest absolute Gasteiger partial charge is 0.466 e. The summed E-state index contributed by atoms with van der Waals surface area (Å²) in [4.78, 5) is 22.7. The zero-order valence-corrected chi connectivity index (χ0v) is 20.1. The van der Waals surface area contributed by atoms with Gasteiger partial charge in [0.15, 0.2) is 5.65 Å². The summed E-state index contributed by atoms with van der Waals surface area (Å²) in [5.41, 5.74) is 3.67. The van der Waals surface area contributed by atoms with Crippen molar-refractivity contribution in [1.82, 2.24) is 34.8 Å². The molecule has 4 aromatic heterocycles. The highest BCUT2D eigenvalue weighted by Crippen LogP contribution is 2.30. The number of nitrogens with zero attached hydrogens (tertiary/aromatic N) is 6. The van der Waals surface area contributed by atoms with Crippen LogP contribution in [0.15, 0.2) is 65.7 Å². The predicted octanol–water partition coefficient (Wildman–Crippen LogP) is 4.65. The number of pyridine rings is 1. The molecule has 0 aliphatic rings. The van der Waals surface area contributed by atoms with Crippen molar-refractivity contribution in [2.45, 2.75) is 46.3 Å². The normalized spacial score (nSPS) is 12.4. The molecular weight excluding hydrogens is 442 g/mol. The number of furan rings is 1. The van der Waals surface area contributed by atoms with E-state index < -0.39 is 0 Å². The third kappa shape index (κ3) is 4.44. The van der Waals surface area contributed by atoms with Crippen molar-refractivity contribution < 1.29 is 9.21 Å². The number of hydrogen-bond donors (Lipinski definition) is 1. The van der Waals surface area contributed by atoms with Gasteiger partial charge in [0.05, 0.1) is 35.4 Å². The van der Waals surface area contributed by atoms with Gasteiger partial charge < -0.3 is 9.73 Å². The maximum absolute atomic E-state index is 13.8. The van der Waals surface area contributed by atoms with Crippen LogP contribution in [0, 0.1) is 13.8 Å². The molecule has 9 nitrogen and oxygen atoms in total. The lowest BCUT2D eigenvalue weighted by Gasteiger charge is -2.20. The number of fused-ring (bicyclic) bond motifs is 1. The van der Waals surface area contributed by atoms with E-state index in [1.807, 2.05) is 74.8 Å². The SMILES string of the molecule is Cc1cc(-c2cc(C(=O)NC(Cn3cncn3)c3ccccc3)c3cnn(C(C)C)c3n2)c(C)o1. The maximum atomic E-state index is 13.8. The van der Waals surface area contributed by atoms with Gasteiger partial charge in [0.25, 0.3) is 5.91 Å². The van der Waals surface area contributed by atoms with Gasteiger partial charge >= 0.3 is 0 Å². The number of rotatable bonds is 7. The topological polar surface area (TPSA) is 104 Å². The number of aromatic nitrogens is 6. The Bertz CT molecular complexity index is 1470. The number of carbonyl (C=O) groups is 1. The standard InChI is InChI=1S/C26H27N7O2/c1-16(2)33-25-22(12-28-33)21(11-23(30-25)20-10-17(3)35-18(20)4)26(34)31-24(13-32-15-27-14-29-32)19-8-6-5-7-9-19/h5-12,14-16,24H,13H2,1-4H3,(H,31,34). The fraction of sp³-hybridized carbons (Fsp3) is 0.269. The van der Waals surface area contributed by atoms with E-state index in [0.717, 1.165) is 22.6 Å². The lowest BCUT2D eigenvalue weighted by molar-refractivity contribution is 0.0933. The average molecular weight is 470 g/mol. The Balaban J connectivity index is 1.59. The van der Waals surface area contributed by atoms with E-state index in [2.05, 4.69) is 20.5 Å². The Labute approximate surface area is 202 Å². The van der Waals surface area contributed by atoms with E-state index in [1.165, 1.54) is 6.33 Å². The fourth-order valence-electron chi connectivity index (χ4n) is 4.28. The highest BCUT2D eigenvalue weighted by atomic mass is 16.3. The minimum Gasteiger partial charge on any atom is -0.466 e. The molecule has 4 heterocycles. The summed E-state index contributed by atoms with van der Waals surface area (Å²) in [6, 6.07) is 13.4. The van der Waals surface area contributed by atoms with E-state index in [-0.39, 0.29) is 18.0 Å². The molecule has 0 saturated heterocycles. The second kappa shape index (κ2) is 9.17. The lowest BCUT2D eigenvalue weighted by atomic mass is 10.0. The molecule has 1 unspecified atom stereocenters. The Kier molecular flexibility index (Phi) is 5.90. The fourth-order valence-corrected chi connectivity index (χ4v) is 4.28. The highest BCUT2D eigenvalue weighted by Gasteiger charge is 2.23. The van der Waals surface area contributed by atoms with Gasteiger partial charge in [-0.1, -0.05) is 30.3 Å². The minimum absolute atomic E-state index is 0.0859. The molecule has 5 aromatic rings. The van der Waals surface area contributed by atoms with E-state index in [9.17, 15) is 4.79 Å². The maximum Gasteiger partial charge on any atom is 0.252 e. The molecule has 1 amide bonds. The van der Waals surface area contributed by atoms with Crippen molar-refractivity contribution >= 4 is 16.9 Å². The average Bonchev–Trinajstić information content (AvgIpc) is 3.58. The second-order valence-corrected chi connectivity index (χ2v) is 8.86. The third-order valence-corrected chi connectivity index (χ3v) is 5.96. The van der Waals surface area contributed by atoms with Gasteiger partial charge in [0, 0.05) is 11.6 Å². The van der Waals surface area contributed by atoms with Crippen molar-refractivity contribution in [3.8, 4) is 11.3 Å². The van der Waals surface area contributed by atoms with Crippen molar-refractivity contribution in [2.75, 3.05) is 0 Å². The first-order valence-electron chi connectivity index (χ1n) is 11.5. The van der Waals surface area contributed by atoms with Gasteiger partial charge in [-0.05, 0) is 45.4 Å². The zero-order chi connectivity index (χ0) is 24.5. The van der Waals surface area contributed by atoms with Gasteiger partial charge in [-0.3, -0.25) is 9.48 Å². The molecule has 1 aromatic carbocycles. The van der Waals surface area contributed by atoms with Crippen LogP contribution >= 0.6 is 0 Å². The van der Waals surface area contributed by atoms with Crippen molar-refractivity contribution in [3.63, 3.8) is 0 Å². The number of aryl methyl sites for hydroxylation is 2. The molecule has 0 spiro atoms. The summed E-state index contributed by atoms with van der Waals surface area (Å²) >= 11 is 0. The quantitative estimate of drug-likeness (QED) is 0.372. The first-order valence-corrected chi connectivity index (χ1v) is 11.5. The Hall–Kier alpha value is -4.27. The molecule has 0 radical (unpaired) electrons. The lowest BCUT2D eigenvalue weighted by Crippen LogP contribution is -2.32. The number of carbonyl (C=O) groups excluding carboxylic acids is 1. The number of hydrogen-bond acceptors (Lipinski definition) is 6. The summed E-state index contributed by atoms with van der Waals surface area (Å²) < 4.78 is 9.29. The van der Waals surface area contributed by atoms with Crippen LogP contribution in [0.5, 0.6) is 0 Å². The van der Waals surface area contributed by atoms with Crippen molar-refractivity contribution in [1.29, 1.82) is 0 Å². The van der Waals surface area contributed by atoms with Crippen LogP contribution in [0.4, 0.5) is 0 Å². The van der Waals surface area contributed by atoms with Crippen LogP contribution < -0.4 is 5.32 Å². The van der Waals surface area contributed by atoms with E-state index >= 15 is 0 Å². The van der Waals surface area contributed by atoms with Crippen LogP contribution in [0.1, 0.15) is 53.4 Å². The Morgan fingerprint density at radius 3 is 2.57 bits per heavy atom. The predicted molar refractivity (Wildman–Crippen MR) is 132 cm³/mol. The van der Waals surface area contributed by atoms with E-state index in [0.29, 0.717) is 28.8 Å². The molecule has 1 atom stereocenters. The molecule has 35 heavy (non-hydrogen) atoms. The second-order valence-electron chi connectivity index (χ2n) is 8.86. The van der Waals surface area contributed by atoms with E-state index in [1.54, 1.807) is 17.2 Å². The van der Waals surface area contributed by atoms with Gasteiger partial charge in [-0.2, -0.15) is 10.2 Å². The summed E-state index contributed by atoms with van der Waals surface area (Å²) in [5, 5.41) is 12.6.